The van der Waals surface area contributed by atoms with E-state index >= 15 is 0 Å². The summed E-state index contributed by atoms with van der Waals surface area (Å²) in [6, 6.07) is 6.47. The Balaban J connectivity index is 2.31. The zero-order chi connectivity index (χ0) is 19.1. The third kappa shape index (κ3) is 5.00. The number of hydrogen-bond donors (Lipinski definition) is 2. The summed E-state index contributed by atoms with van der Waals surface area (Å²) in [7, 11) is 0. The highest BCUT2D eigenvalue weighted by molar-refractivity contribution is 5.95. The number of amides is 2. The first-order valence-corrected chi connectivity index (χ1v) is 9.11. The number of hydrogen-bond acceptors (Lipinski definition) is 4. The molecule has 2 amide bonds. The lowest BCUT2D eigenvalue weighted by atomic mass is 9.95. The van der Waals surface area contributed by atoms with E-state index in [4.69, 9.17) is 9.47 Å². The molecule has 1 aromatic carbocycles. The molecule has 0 bridgehead atoms. The second-order valence-corrected chi connectivity index (χ2v) is 6.77. The van der Waals surface area contributed by atoms with Gasteiger partial charge in [-0.25, -0.2) is 9.59 Å². The quantitative estimate of drug-likeness (QED) is 0.693. The number of rotatable bonds is 8. The Kier molecular flexibility index (Phi) is 7.06. The molecule has 6 heteroatoms. The van der Waals surface area contributed by atoms with Crippen LogP contribution in [0.4, 0.5) is 4.79 Å². The van der Waals surface area contributed by atoms with Gasteiger partial charge in [-0.1, -0.05) is 39.0 Å². The van der Waals surface area contributed by atoms with E-state index in [1.165, 1.54) is 0 Å². The molecule has 1 atom stereocenters. The smallest absolute Gasteiger partial charge is 0.338 e. The van der Waals surface area contributed by atoms with Crippen molar-refractivity contribution in [3.63, 3.8) is 0 Å². The third-order valence-corrected chi connectivity index (χ3v) is 4.11. The van der Waals surface area contributed by atoms with Gasteiger partial charge in [-0.2, -0.15) is 0 Å². The van der Waals surface area contributed by atoms with Crippen LogP contribution in [-0.2, 0) is 9.53 Å². The first-order chi connectivity index (χ1) is 12.4. The third-order valence-electron chi connectivity index (χ3n) is 4.11. The number of esters is 1. The minimum absolute atomic E-state index is 0.349. The van der Waals surface area contributed by atoms with Crippen molar-refractivity contribution in [3.05, 3.63) is 41.1 Å². The molecule has 0 fully saturated rings. The largest absolute Gasteiger partial charge is 0.493 e. The molecule has 26 heavy (non-hydrogen) atoms. The zero-order valence-corrected chi connectivity index (χ0v) is 15.9. The number of allylic oxidation sites excluding steroid dienone is 1. The van der Waals surface area contributed by atoms with E-state index in [2.05, 4.69) is 24.5 Å². The van der Waals surface area contributed by atoms with Gasteiger partial charge in [0, 0.05) is 11.3 Å². The van der Waals surface area contributed by atoms with Crippen molar-refractivity contribution in [1.82, 2.24) is 10.6 Å². The molecule has 0 saturated heterocycles. The van der Waals surface area contributed by atoms with Crippen molar-refractivity contribution in [1.29, 1.82) is 0 Å². The van der Waals surface area contributed by atoms with Crippen molar-refractivity contribution in [2.24, 2.45) is 5.92 Å². The van der Waals surface area contributed by atoms with Gasteiger partial charge in [-0.3, -0.25) is 0 Å². The second-order valence-electron chi connectivity index (χ2n) is 6.77. The summed E-state index contributed by atoms with van der Waals surface area (Å²) in [6.45, 7) is 8.79. The van der Waals surface area contributed by atoms with E-state index < -0.39 is 12.0 Å². The molecule has 0 unspecified atom stereocenters. The fraction of sp³-hybridized carbons (Fsp3) is 0.500. The van der Waals surface area contributed by atoms with Gasteiger partial charge >= 0.3 is 12.0 Å². The van der Waals surface area contributed by atoms with Crippen LogP contribution in [0.2, 0.25) is 0 Å². The predicted molar refractivity (Wildman–Crippen MR) is 99.8 cm³/mol. The topological polar surface area (TPSA) is 76.7 Å². The molecule has 1 aromatic rings. The summed E-state index contributed by atoms with van der Waals surface area (Å²) in [5, 5.41) is 5.48. The maximum absolute atomic E-state index is 12.7. The summed E-state index contributed by atoms with van der Waals surface area (Å²) in [5.74, 6) is 0.675. The molecule has 2 rings (SSSR count). The molecule has 1 aliphatic heterocycles. The highest BCUT2D eigenvalue weighted by atomic mass is 16.5. The number of benzene rings is 1. The lowest BCUT2D eigenvalue weighted by Gasteiger charge is -2.29. The fourth-order valence-electron chi connectivity index (χ4n) is 2.73. The van der Waals surface area contributed by atoms with Gasteiger partial charge in [-0.05, 0) is 31.7 Å². The van der Waals surface area contributed by atoms with Gasteiger partial charge in [0.25, 0.3) is 0 Å². The van der Waals surface area contributed by atoms with E-state index in [1.54, 1.807) is 6.92 Å². The van der Waals surface area contributed by atoms with Crippen LogP contribution in [0.15, 0.2) is 35.5 Å². The SMILES string of the molecule is CCCOc1ccccc1[C@@H]1NC(=O)NC(C)=C1C(=O)OCCC(C)C. The molecule has 0 spiro atoms. The minimum atomic E-state index is -0.608. The Bertz CT molecular complexity index is 682. The summed E-state index contributed by atoms with van der Waals surface area (Å²) >= 11 is 0. The molecular formula is C20H28N2O4. The van der Waals surface area contributed by atoms with Crippen molar-refractivity contribution >= 4 is 12.0 Å². The van der Waals surface area contributed by atoms with E-state index in [1.807, 2.05) is 31.2 Å². The van der Waals surface area contributed by atoms with Gasteiger partial charge in [-0.15, -0.1) is 0 Å². The molecule has 0 aromatic heterocycles. The Labute approximate surface area is 154 Å². The summed E-state index contributed by atoms with van der Waals surface area (Å²) in [6.07, 6.45) is 1.66. The first-order valence-electron chi connectivity index (χ1n) is 9.11. The second kappa shape index (κ2) is 9.27. The van der Waals surface area contributed by atoms with Crippen LogP contribution < -0.4 is 15.4 Å². The fourth-order valence-corrected chi connectivity index (χ4v) is 2.73. The van der Waals surface area contributed by atoms with Gasteiger partial charge < -0.3 is 20.1 Å². The maximum Gasteiger partial charge on any atom is 0.338 e. The van der Waals surface area contributed by atoms with Crippen molar-refractivity contribution in [2.45, 2.75) is 46.6 Å². The molecule has 0 saturated carbocycles. The standard InChI is InChI=1S/C20H28N2O4/c1-5-11-25-16-9-7-6-8-15(16)18-17(14(4)21-20(24)22-18)19(23)26-12-10-13(2)3/h6-9,13,18H,5,10-12H2,1-4H3,(H2,21,22,24)/t18-/m0/s1. The van der Waals surface area contributed by atoms with E-state index in [0.29, 0.717) is 36.2 Å². The van der Waals surface area contributed by atoms with Crippen molar-refractivity contribution in [3.8, 4) is 5.75 Å². The van der Waals surface area contributed by atoms with Gasteiger partial charge in [0.15, 0.2) is 0 Å². The van der Waals surface area contributed by atoms with Crippen LogP contribution in [0, 0.1) is 5.92 Å². The van der Waals surface area contributed by atoms with Crippen LogP contribution >= 0.6 is 0 Å². The Morgan fingerprint density at radius 2 is 1.96 bits per heavy atom. The monoisotopic (exact) mass is 360 g/mol. The average Bonchev–Trinajstić information content (AvgIpc) is 2.59. The van der Waals surface area contributed by atoms with E-state index in [9.17, 15) is 9.59 Å². The minimum Gasteiger partial charge on any atom is -0.493 e. The number of para-hydroxylation sites is 1. The van der Waals surface area contributed by atoms with Crippen LogP contribution in [-0.4, -0.2) is 25.2 Å². The lowest BCUT2D eigenvalue weighted by Crippen LogP contribution is -2.45. The summed E-state index contributed by atoms with van der Waals surface area (Å²) in [4.78, 5) is 24.7. The van der Waals surface area contributed by atoms with Crippen LogP contribution in [0.25, 0.3) is 0 Å². The van der Waals surface area contributed by atoms with Crippen LogP contribution in [0.1, 0.15) is 52.1 Å². The number of nitrogens with one attached hydrogen (secondary N) is 2. The Hall–Kier alpha value is -2.50. The summed E-state index contributed by atoms with van der Waals surface area (Å²) in [5.41, 5.74) is 1.64. The van der Waals surface area contributed by atoms with E-state index in [-0.39, 0.29) is 6.03 Å². The first kappa shape index (κ1) is 19.8. The van der Waals surface area contributed by atoms with Gasteiger partial charge in [0.05, 0.1) is 24.8 Å². The van der Waals surface area contributed by atoms with Crippen LogP contribution in [0.3, 0.4) is 0 Å². The molecule has 0 radical (unpaired) electrons. The lowest BCUT2D eigenvalue weighted by molar-refractivity contribution is -0.139. The predicted octanol–water partition coefficient (Wildman–Crippen LogP) is 3.69. The molecule has 0 aliphatic carbocycles. The molecule has 6 nitrogen and oxygen atoms in total. The highest BCUT2D eigenvalue weighted by Gasteiger charge is 2.33. The number of ether oxygens (including phenoxy) is 2. The normalized spacial score (nSPS) is 17.0. The average molecular weight is 360 g/mol. The summed E-state index contributed by atoms with van der Waals surface area (Å²) < 4.78 is 11.2. The number of urea groups is 1. The van der Waals surface area contributed by atoms with Gasteiger partial charge in [0.1, 0.15) is 5.75 Å². The Morgan fingerprint density at radius 3 is 2.65 bits per heavy atom. The molecule has 2 N–H and O–H groups in total. The number of carbonyl (C=O) groups is 2. The van der Waals surface area contributed by atoms with Crippen molar-refractivity contribution in [2.75, 3.05) is 13.2 Å². The Morgan fingerprint density at radius 1 is 1.23 bits per heavy atom. The molecular weight excluding hydrogens is 332 g/mol. The number of carbonyl (C=O) groups excluding carboxylic acids is 2. The highest BCUT2D eigenvalue weighted by Crippen LogP contribution is 2.33. The van der Waals surface area contributed by atoms with Crippen LogP contribution in [0.5, 0.6) is 5.75 Å². The maximum atomic E-state index is 12.7. The molecule has 142 valence electrons. The zero-order valence-electron chi connectivity index (χ0n) is 15.9. The van der Waals surface area contributed by atoms with E-state index in [0.717, 1.165) is 18.4 Å². The van der Waals surface area contributed by atoms with Crippen molar-refractivity contribution < 1.29 is 19.1 Å². The molecule has 1 aliphatic rings. The molecule has 1 heterocycles. The van der Waals surface area contributed by atoms with Gasteiger partial charge in [0.2, 0.25) is 0 Å².